The van der Waals surface area contributed by atoms with Gasteiger partial charge in [0.15, 0.2) is 0 Å². The zero-order chi connectivity index (χ0) is 14.5. The molecule has 0 fully saturated rings. The van der Waals surface area contributed by atoms with Gasteiger partial charge in [-0.05, 0) is 37.3 Å². The van der Waals surface area contributed by atoms with Gasteiger partial charge in [-0.2, -0.15) is 0 Å². The minimum atomic E-state index is -0.139. The first-order valence-corrected chi connectivity index (χ1v) is 6.78. The number of hydrogen-bond acceptors (Lipinski definition) is 4. The minimum absolute atomic E-state index is 0.139. The Morgan fingerprint density at radius 1 is 0.857 bits per heavy atom. The number of aromatic nitrogens is 3. The van der Waals surface area contributed by atoms with Gasteiger partial charge in [0.2, 0.25) is 5.88 Å². The van der Waals surface area contributed by atoms with Crippen LogP contribution in [0.3, 0.4) is 0 Å². The molecule has 1 unspecified atom stereocenters. The van der Waals surface area contributed by atoms with E-state index >= 15 is 0 Å². The summed E-state index contributed by atoms with van der Waals surface area (Å²) < 4.78 is 5.80. The van der Waals surface area contributed by atoms with E-state index in [4.69, 9.17) is 4.74 Å². The van der Waals surface area contributed by atoms with Crippen LogP contribution in [0.25, 0.3) is 11.3 Å². The monoisotopic (exact) mass is 277 g/mol. The van der Waals surface area contributed by atoms with Crippen LogP contribution >= 0.6 is 0 Å². The van der Waals surface area contributed by atoms with Gasteiger partial charge in [0, 0.05) is 30.2 Å². The Morgan fingerprint density at radius 3 is 2.29 bits per heavy atom. The number of pyridine rings is 3. The first-order chi connectivity index (χ1) is 10.3. The molecule has 0 aliphatic heterocycles. The van der Waals surface area contributed by atoms with Crippen LogP contribution in [0.15, 0.2) is 67.1 Å². The number of hydrogen-bond donors (Lipinski definition) is 0. The summed E-state index contributed by atoms with van der Waals surface area (Å²) in [6.07, 6.45) is 5.15. The highest BCUT2D eigenvalue weighted by atomic mass is 16.5. The summed E-state index contributed by atoms with van der Waals surface area (Å²) in [5.41, 5.74) is 2.75. The fraction of sp³-hybridized carbons (Fsp3) is 0.118. The molecule has 0 bridgehead atoms. The molecule has 3 rings (SSSR count). The largest absolute Gasteiger partial charge is 0.468 e. The molecule has 0 spiro atoms. The third-order valence-electron chi connectivity index (χ3n) is 3.10. The summed E-state index contributed by atoms with van der Waals surface area (Å²) >= 11 is 0. The smallest absolute Gasteiger partial charge is 0.213 e. The maximum absolute atomic E-state index is 5.80. The zero-order valence-corrected chi connectivity index (χ0v) is 11.7. The Bertz CT molecular complexity index is 684. The molecule has 0 amide bonds. The standard InChI is InChI=1S/C17H15N3O/c1-13(15-6-2-4-10-18-15)21-17-9-8-14(12-20-17)16-7-3-5-11-19-16/h2-13H,1H3. The lowest BCUT2D eigenvalue weighted by Gasteiger charge is -2.13. The average molecular weight is 277 g/mol. The summed E-state index contributed by atoms with van der Waals surface area (Å²) in [7, 11) is 0. The maximum Gasteiger partial charge on any atom is 0.213 e. The van der Waals surface area contributed by atoms with Crippen LogP contribution in [0.4, 0.5) is 0 Å². The van der Waals surface area contributed by atoms with E-state index in [1.807, 2.05) is 55.5 Å². The molecule has 0 N–H and O–H groups in total. The molecule has 104 valence electrons. The summed E-state index contributed by atoms with van der Waals surface area (Å²) in [5, 5.41) is 0. The molecule has 0 aliphatic carbocycles. The van der Waals surface area contributed by atoms with E-state index in [0.29, 0.717) is 5.88 Å². The van der Waals surface area contributed by atoms with E-state index in [9.17, 15) is 0 Å². The highest BCUT2D eigenvalue weighted by Crippen LogP contribution is 2.21. The van der Waals surface area contributed by atoms with Gasteiger partial charge >= 0.3 is 0 Å². The molecule has 0 saturated carbocycles. The van der Waals surface area contributed by atoms with Crippen LogP contribution in [0.5, 0.6) is 5.88 Å². The third-order valence-corrected chi connectivity index (χ3v) is 3.10. The number of ether oxygens (including phenoxy) is 1. The van der Waals surface area contributed by atoms with Crippen LogP contribution in [-0.4, -0.2) is 15.0 Å². The maximum atomic E-state index is 5.80. The van der Waals surface area contributed by atoms with E-state index in [1.165, 1.54) is 0 Å². The predicted octanol–water partition coefficient (Wildman–Crippen LogP) is 3.68. The second kappa shape index (κ2) is 6.13. The molecule has 4 nitrogen and oxygen atoms in total. The molecule has 3 heterocycles. The second-order valence-corrected chi connectivity index (χ2v) is 4.61. The lowest BCUT2D eigenvalue weighted by Crippen LogP contribution is -2.05. The molecule has 4 heteroatoms. The van der Waals surface area contributed by atoms with Crippen molar-refractivity contribution in [2.75, 3.05) is 0 Å². The molecule has 21 heavy (non-hydrogen) atoms. The third kappa shape index (κ3) is 3.23. The molecule has 0 aromatic carbocycles. The van der Waals surface area contributed by atoms with E-state index < -0.39 is 0 Å². The van der Waals surface area contributed by atoms with Gasteiger partial charge in [-0.25, -0.2) is 4.98 Å². The van der Waals surface area contributed by atoms with Crippen LogP contribution in [0.1, 0.15) is 18.7 Å². The van der Waals surface area contributed by atoms with E-state index in [2.05, 4.69) is 15.0 Å². The lowest BCUT2D eigenvalue weighted by molar-refractivity contribution is 0.213. The predicted molar refractivity (Wildman–Crippen MR) is 80.7 cm³/mol. The van der Waals surface area contributed by atoms with E-state index in [0.717, 1.165) is 17.0 Å². The first kappa shape index (κ1) is 13.2. The van der Waals surface area contributed by atoms with Crippen molar-refractivity contribution in [2.45, 2.75) is 13.0 Å². The summed E-state index contributed by atoms with van der Waals surface area (Å²) in [4.78, 5) is 12.9. The molecule has 3 aromatic rings. The van der Waals surface area contributed by atoms with Crippen LogP contribution in [0, 0.1) is 0 Å². The van der Waals surface area contributed by atoms with Crippen molar-refractivity contribution in [1.82, 2.24) is 15.0 Å². The highest BCUT2D eigenvalue weighted by molar-refractivity contribution is 5.57. The topological polar surface area (TPSA) is 47.9 Å². The van der Waals surface area contributed by atoms with Crippen molar-refractivity contribution in [3.05, 3.63) is 72.8 Å². The molecular formula is C17H15N3O. The van der Waals surface area contributed by atoms with Crippen LogP contribution in [-0.2, 0) is 0 Å². The SMILES string of the molecule is CC(Oc1ccc(-c2ccccn2)cn1)c1ccccn1. The molecular weight excluding hydrogens is 262 g/mol. The van der Waals surface area contributed by atoms with Crippen molar-refractivity contribution in [2.24, 2.45) is 0 Å². The summed E-state index contributed by atoms with van der Waals surface area (Å²) in [6.45, 7) is 1.96. The fourth-order valence-corrected chi connectivity index (χ4v) is 1.99. The first-order valence-electron chi connectivity index (χ1n) is 6.78. The Morgan fingerprint density at radius 2 is 1.67 bits per heavy atom. The summed E-state index contributed by atoms with van der Waals surface area (Å²) in [5.74, 6) is 0.577. The lowest BCUT2D eigenvalue weighted by atomic mass is 10.2. The van der Waals surface area contributed by atoms with Crippen molar-refractivity contribution in [3.8, 4) is 17.1 Å². The van der Waals surface area contributed by atoms with Crippen molar-refractivity contribution < 1.29 is 4.74 Å². The molecule has 1 atom stereocenters. The molecule has 0 radical (unpaired) electrons. The fourth-order valence-electron chi connectivity index (χ4n) is 1.99. The second-order valence-electron chi connectivity index (χ2n) is 4.61. The minimum Gasteiger partial charge on any atom is -0.468 e. The van der Waals surface area contributed by atoms with Gasteiger partial charge in [-0.1, -0.05) is 12.1 Å². The van der Waals surface area contributed by atoms with Gasteiger partial charge < -0.3 is 4.74 Å². The quantitative estimate of drug-likeness (QED) is 0.730. The Hall–Kier alpha value is -2.75. The van der Waals surface area contributed by atoms with Gasteiger partial charge in [0.1, 0.15) is 6.10 Å². The average Bonchev–Trinajstić information content (AvgIpc) is 2.57. The van der Waals surface area contributed by atoms with Gasteiger partial charge in [-0.3, -0.25) is 9.97 Å². The molecule has 0 aliphatic rings. The van der Waals surface area contributed by atoms with E-state index in [1.54, 1.807) is 18.6 Å². The summed E-state index contributed by atoms with van der Waals surface area (Å²) in [6, 6.07) is 15.4. The molecule has 3 aromatic heterocycles. The molecule has 0 saturated heterocycles. The van der Waals surface area contributed by atoms with Gasteiger partial charge in [0.05, 0.1) is 11.4 Å². The Balaban J connectivity index is 1.73. The van der Waals surface area contributed by atoms with Crippen LogP contribution in [0.2, 0.25) is 0 Å². The highest BCUT2D eigenvalue weighted by Gasteiger charge is 2.09. The van der Waals surface area contributed by atoms with Gasteiger partial charge in [-0.15, -0.1) is 0 Å². The van der Waals surface area contributed by atoms with Gasteiger partial charge in [0.25, 0.3) is 0 Å². The Kier molecular flexibility index (Phi) is 3.87. The van der Waals surface area contributed by atoms with Crippen LogP contribution < -0.4 is 4.74 Å². The van der Waals surface area contributed by atoms with Crippen molar-refractivity contribution in [1.29, 1.82) is 0 Å². The number of rotatable bonds is 4. The van der Waals surface area contributed by atoms with Crippen molar-refractivity contribution >= 4 is 0 Å². The Labute approximate surface area is 123 Å². The number of nitrogens with zero attached hydrogens (tertiary/aromatic N) is 3. The van der Waals surface area contributed by atoms with E-state index in [-0.39, 0.29) is 6.10 Å². The normalized spacial score (nSPS) is 11.9. The van der Waals surface area contributed by atoms with Crippen molar-refractivity contribution in [3.63, 3.8) is 0 Å². The zero-order valence-electron chi connectivity index (χ0n) is 11.7.